The van der Waals surface area contributed by atoms with Gasteiger partial charge in [0, 0.05) is 18.0 Å². The van der Waals surface area contributed by atoms with Crippen LogP contribution in [0.2, 0.25) is 0 Å². The number of likely N-dealkylation sites (tertiary alicyclic amines) is 1. The second-order valence-corrected chi connectivity index (χ2v) is 8.39. The van der Waals surface area contributed by atoms with E-state index in [1.165, 1.54) is 0 Å². The predicted molar refractivity (Wildman–Crippen MR) is 100 cm³/mol. The first kappa shape index (κ1) is 17.6. The minimum atomic E-state index is -0.983. The lowest BCUT2D eigenvalue weighted by molar-refractivity contribution is -0.136. The number of aliphatic hydroxyl groups excluding tert-OH is 1. The summed E-state index contributed by atoms with van der Waals surface area (Å²) in [5.74, 6) is -1.65. The lowest BCUT2D eigenvalue weighted by atomic mass is 9.61. The van der Waals surface area contributed by atoms with Crippen LogP contribution in [0.15, 0.2) is 30.3 Å². The number of hydrogen-bond acceptors (Lipinski definition) is 5. The molecule has 5 atom stereocenters. The summed E-state index contributed by atoms with van der Waals surface area (Å²) >= 11 is 0. The van der Waals surface area contributed by atoms with Crippen LogP contribution in [0.5, 0.6) is 0 Å². The van der Waals surface area contributed by atoms with Gasteiger partial charge in [0.25, 0.3) is 0 Å². The van der Waals surface area contributed by atoms with Gasteiger partial charge in [0.15, 0.2) is 0 Å². The molecule has 1 aromatic carbocycles. The van der Waals surface area contributed by atoms with Gasteiger partial charge in [-0.15, -0.1) is 0 Å². The summed E-state index contributed by atoms with van der Waals surface area (Å²) < 4.78 is 0. The Morgan fingerprint density at radius 3 is 2.32 bits per heavy atom. The maximum atomic E-state index is 13.1. The number of carbonyl (C=O) groups excluding carboxylic acids is 3. The number of hydrogen-bond donors (Lipinski definition) is 2. The number of piperidine rings is 1. The highest BCUT2D eigenvalue weighted by atomic mass is 16.3. The zero-order valence-electron chi connectivity index (χ0n) is 15.6. The van der Waals surface area contributed by atoms with Crippen LogP contribution in [0.3, 0.4) is 0 Å². The molecule has 5 aliphatic rings. The van der Waals surface area contributed by atoms with Crippen LogP contribution in [0.4, 0.5) is 4.79 Å². The van der Waals surface area contributed by atoms with Crippen LogP contribution in [0, 0.1) is 23.7 Å². The molecule has 2 bridgehead atoms. The number of aliphatic hydroxyl groups is 1. The van der Waals surface area contributed by atoms with Crippen molar-refractivity contribution in [2.24, 2.45) is 29.4 Å². The normalized spacial score (nSPS) is 34.6. The minimum absolute atomic E-state index is 0.0237. The van der Waals surface area contributed by atoms with Gasteiger partial charge >= 0.3 is 6.03 Å². The zero-order chi connectivity index (χ0) is 19.7. The monoisotopic (exact) mass is 381 g/mol. The molecule has 3 N–H and O–H groups in total. The molecule has 3 heterocycles. The number of rotatable bonds is 3. The number of nitrogens with two attached hydrogens (primary N) is 1. The minimum Gasteiger partial charge on any atom is -0.392 e. The number of urea groups is 1. The highest BCUT2D eigenvalue weighted by Crippen LogP contribution is 2.57. The van der Waals surface area contributed by atoms with E-state index in [1.54, 1.807) is 0 Å². The van der Waals surface area contributed by atoms with Gasteiger partial charge in [-0.05, 0) is 42.5 Å². The Bertz CT molecular complexity index is 905. The number of amides is 4. The van der Waals surface area contributed by atoms with Crippen molar-refractivity contribution in [1.29, 1.82) is 0 Å². The van der Waals surface area contributed by atoms with Gasteiger partial charge in [0.2, 0.25) is 11.8 Å². The predicted octanol–water partition coefficient (Wildman–Crippen LogP) is 0.965. The van der Waals surface area contributed by atoms with Crippen molar-refractivity contribution in [1.82, 2.24) is 9.80 Å². The van der Waals surface area contributed by atoms with Gasteiger partial charge in [-0.2, -0.15) is 4.90 Å². The van der Waals surface area contributed by atoms with Crippen molar-refractivity contribution >= 4 is 23.4 Å². The summed E-state index contributed by atoms with van der Waals surface area (Å²) in [6.07, 6.45) is 4.33. The first-order chi connectivity index (χ1) is 13.4. The lowest BCUT2D eigenvalue weighted by Gasteiger charge is -2.53. The van der Waals surface area contributed by atoms with E-state index in [4.69, 9.17) is 5.73 Å². The highest BCUT2D eigenvalue weighted by Gasteiger charge is 2.65. The van der Waals surface area contributed by atoms with Crippen LogP contribution in [-0.4, -0.2) is 51.9 Å². The molecule has 1 aromatic rings. The SMILES string of the molecule is CN1C2C=C(c3ccc(CO)cc3)C(C3C(=O)N(C(N)=O)C(=O)C32)C1C1CC1. The molecule has 146 valence electrons. The van der Waals surface area contributed by atoms with Crippen molar-refractivity contribution in [3.63, 3.8) is 0 Å². The van der Waals surface area contributed by atoms with Gasteiger partial charge in [0.05, 0.1) is 18.4 Å². The van der Waals surface area contributed by atoms with Crippen molar-refractivity contribution in [3.05, 3.63) is 41.5 Å². The maximum absolute atomic E-state index is 13.1. The number of carbonyl (C=O) groups is 3. The third-order valence-electron chi connectivity index (χ3n) is 6.97. The summed E-state index contributed by atoms with van der Waals surface area (Å²) in [5.41, 5.74) is 8.25. The van der Waals surface area contributed by atoms with Gasteiger partial charge in [0.1, 0.15) is 0 Å². The highest BCUT2D eigenvalue weighted by molar-refractivity contribution is 6.17. The molecule has 2 saturated heterocycles. The summed E-state index contributed by atoms with van der Waals surface area (Å²) in [6.45, 7) is -0.0237. The number of imide groups is 3. The van der Waals surface area contributed by atoms with E-state index in [0.29, 0.717) is 10.8 Å². The summed E-state index contributed by atoms with van der Waals surface area (Å²) in [7, 11) is 2.02. The molecule has 3 aliphatic heterocycles. The van der Waals surface area contributed by atoms with Crippen molar-refractivity contribution < 1.29 is 19.5 Å². The maximum Gasteiger partial charge on any atom is 0.328 e. The molecule has 0 spiro atoms. The van der Waals surface area contributed by atoms with Crippen LogP contribution < -0.4 is 5.73 Å². The van der Waals surface area contributed by atoms with Crippen molar-refractivity contribution in [2.75, 3.05) is 7.05 Å². The van der Waals surface area contributed by atoms with Crippen LogP contribution >= 0.6 is 0 Å². The molecular formula is C21H23N3O4. The van der Waals surface area contributed by atoms with Gasteiger partial charge < -0.3 is 10.8 Å². The molecule has 7 heteroatoms. The molecule has 7 nitrogen and oxygen atoms in total. The molecule has 0 radical (unpaired) electrons. The van der Waals surface area contributed by atoms with E-state index in [1.807, 2.05) is 31.3 Å². The quantitative estimate of drug-likeness (QED) is 0.759. The van der Waals surface area contributed by atoms with Crippen LogP contribution in [0.1, 0.15) is 24.0 Å². The van der Waals surface area contributed by atoms with E-state index in [9.17, 15) is 19.5 Å². The molecule has 5 unspecified atom stereocenters. The third-order valence-corrected chi connectivity index (χ3v) is 6.97. The Kier molecular flexibility index (Phi) is 3.76. The van der Waals surface area contributed by atoms with Crippen molar-refractivity contribution in [2.45, 2.75) is 31.5 Å². The van der Waals surface area contributed by atoms with Crippen LogP contribution in [0.25, 0.3) is 5.57 Å². The number of nitrogens with zero attached hydrogens (tertiary/aromatic N) is 2. The Morgan fingerprint density at radius 2 is 1.75 bits per heavy atom. The number of benzene rings is 1. The molecule has 28 heavy (non-hydrogen) atoms. The van der Waals surface area contributed by atoms with Gasteiger partial charge in [-0.1, -0.05) is 30.3 Å². The fourth-order valence-electron chi connectivity index (χ4n) is 5.63. The fourth-order valence-corrected chi connectivity index (χ4v) is 5.63. The average molecular weight is 381 g/mol. The first-order valence-corrected chi connectivity index (χ1v) is 9.75. The topological polar surface area (TPSA) is 104 Å². The van der Waals surface area contributed by atoms with E-state index in [2.05, 4.69) is 11.0 Å². The molecule has 0 aromatic heterocycles. The summed E-state index contributed by atoms with van der Waals surface area (Å²) in [5, 5.41) is 9.32. The summed E-state index contributed by atoms with van der Waals surface area (Å²) in [4.78, 5) is 40.6. The zero-order valence-corrected chi connectivity index (χ0v) is 15.6. The largest absolute Gasteiger partial charge is 0.392 e. The average Bonchev–Trinajstić information content (AvgIpc) is 3.48. The van der Waals surface area contributed by atoms with E-state index >= 15 is 0 Å². The smallest absolute Gasteiger partial charge is 0.328 e. The number of fused-ring (bicyclic) bond motifs is 1. The second kappa shape index (κ2) is 5.99. The van der Waals surface area contributed by atoms with E-state index < -0.39 is 29.7 Å². The third kappa shape index (κ3) is 2.26. The van der Waals surface area contributed by atoms with Crippen molar-refractivity contribution in [3.8, 4) is 0 Å². The fraction of sp³-hybridized carbons (Fsp3) is 0.476. The lowest BCUT2D eigenvalue weighted by Crippen LogP contribution is -2.61. The van der Waals surface area contributed by atoms with Gasteiger partial charge in [-0.25, -0.2) is 4.79 Å². The molecule has 1 saturated carbocycles. The Labute approximate surface area is 162 Å². The summed E-state index contributed by atoms with van der Waals surface area (Å²) in [6, 6.07) is 6.64. The second-order valence-electron chi connectivity index (χ2n) is 8.39. The Balaban J connectivity index is 1.63. The van der Waals surface area contributed by atoms with E-state index in [-0.39, 0.29) is 24.6 Å². The number of likely N-dealkylation sites (N-methyl/N-ethyl adjacent to an activating group) is 1. The molecule has 2 aliphatic carbocycles. The molecule has 4 amide bonds. The Hall–Kier alpha value is -2.51. The molecule has 3 fully saturated rings. The molecular weight excluding hydrogens is 358 g/mol. The number of primary amides is 1. The standard InChI is InChI=1S/C21H23N3O4/c1-23-14-8-13(11-4-2-10(9-25)3-5-11)15(18(23)12-6-7-12)17-16(14)19(26)24(20(17)27)21(22)28/h2-5,8,12,14-18,25H,6-7,9H2,1H3,(H2,22,28). The molecule has 6 rings (SSSR count). The van der Waals surface area contributed by atoms with Crippen LogP contribution in [-0.2, 0) is 16.2 Å². The first-order valence-electron chi connectivity index (χ1n) is 9.75. The van der Waals surface area contributed by atoms with Gasteiger partial charge in [-0.3, -0.25) is 14.5 Å². The Morgan fingerprint density at radius 1 is 1.11 bits per heavy atom. The van der Waals surface area contributed by atoms with E-state index in [0.717, 1.165) is 29.5 Å².